The number of rotatable bonds is 45. The van der Waals surface area contributed by atoms with Gasteiger partial charge >= 0.3 is 11.9 Å². The normalized spacial score (nSPS) is 13.1. The SMILES string of the molecule is CC/C=C\C/C=C\C/C=C\C/C=C\C/C=C\CC(=O)OCC(COCCCCCCCCC/C=C\C/C=C\C/C=C\CCCCC)OC(=O)CCCCCCC/C=C\CCCC. The van der Waals surface area contributed by atoms with E-state index in [0.717, 1.165) is 83.5 Å². The van der Waals surface area contributed by atoms with E-state index in [1.54, 1.807) is 0 Å². The van der Waals surface area contributed by atoms with Crippen molar-refractivity contribution in [2.45, 2.75) is 219 Å². The van der Waals surface area contributed by atoms with Crippen LogP contribution in [0.3, 0.4) is 0 Å². The first-order valence-electron chi connectivity index (χ1n) is 25.4. The Morgan fingerprint density at radius 2 is 0.790 bits per heavy atom. The molecular formula is C57H94O5. The van der Waals surface area contributed by atoms with Gasteiger partial charge in [-0.2, -0.15) is 0 Å². The molecule has 5 nitrogen and oxygen atoms in total. The third-order valence-corrected chi connectivity index (χ3v) is 10.3. The summed E-state index contributed by atoms with van der Waals surface area (Å²) in [6.07, 6.45) is 71.2. The lowest BCUT2D eigenvalue weighted by molar-refractivity contribution is -0.162. The summed E-state index contributed by atoms with van der Waals surface area (Å²) in [5, 5.41) is 0. The van der Waals surface area contributed by atoms with Gasteiger partial charge in [-0.25, -0.2) is 0 Å². The lowest BCUT2D eigenvalue weighted by atomic mass is 10.1. The molecule has 0 radical (unpaired) electrons. The number of esters is 2. The molecule has 352 valence electrons. The van der Waals surface area contributed by atoms with Crippen LogP contribution in [0.5, 0.6) is 0 Å². The quantitative estimate of drug-likeness (QED) is 0.0347. The van der Waals surface area contributed by atoms with E-state index in [-0.39, 0.29) is 31.6 Å². The average Bonchev–Trinajstić information content (AvgIpc) is 3.27. The third kappa shape index (κ3) is 49.2. The Morgan fingerprint density at radius 3 is 1.31 bits per heavy atom. The molecule has 62 heavy (non-hydrogen) atoms. The summed E-state index contributed by atoms with van der Waals surface area (Å²) in [6, 6.07) is 0. The van der Waals surface area contributed by atoms with E-state index in [2.05, 4.69) is 118 Å². The van der Waals surface area contributed by atoms with E-state index in [9.17, 15) is 9.59 Å². The van der Waals surface area contributed by atoms with Crippen LogP contribution in [0.4, 0.5) is 0 Å². The predicted molar refractivity (Wildman–Crippen MR) is 269 cm³/mol. The van der Waals surface area contributed by atoms with E-state index >= 15 is 0 Å². The third-order valence-electron chi connectivity index (χ3n) is 10.3. The fourth-order valence-corrected chi connectivity index (χ4v) is 6.51. The van der Waals surface area contributed by atoms with Gasteiger partial charge in [-0.3, -0.25) is 9.59 Å². The maximum absolute atomic E-state index is 12.7. The summed E-state index contributed by atoms with van der Waals surface area (Å²) in [6.45, 7) is 7.50. The highest BCUT2D eigenvalue weighted by molar-refractivity contribution is 5.71. The zero-order valence-electron chi connectivity index (χ0n) is 40.3. The summed E-state index contributed by atoms with van der Waals surface area (Å²) in [7, 11) is 0. The molecule has 0 aromatic carbocycles. The van der Waals surface area contributed by atoms with Gasteiger partial charge in [-0.15, -0.1) is 0 Å². The van der Waals surface area contributed by atoms with Crippen LogP contribution in [0.25, 0.3) is 0 Å². The highest BCUT2D eigenvalue weighted by Gasteiger charge is 2.17. The molecular weight excluding hydrogens is 765 g/mol. The molecule has 1 atom stereocenters. The van der Waals surface area contributed by atoms with Crippen LogP contribution in [0.1, 0.15) is 213 Å². The average molecular weight is 859 g/mol. The van der Waals surface area contributed by atoms with E-state index in [4.69, 9.17) is 14.2 Å². The summed E-state index contributed by atoms with van der Waals surface area (Å²) < 4.78 is 17.3. The van der Waals surface area contributed by atoms with Gasteiger partial charge < -0.3 is 14.2 Å². The minimum absolute atomic E-state index is 0.0177. The van der Waals surface area contributed by atoms with Gasteiger partial charge in [-0.05, 0) is 103 Å². The highest BCUT2D eigenvalue weighted by Crippen LogP contribution is 2.12. The molecule has 0 aliphatic carbocycles. The Kier molecular flexibility index (Phi) is 49.0. The second kappa shape index (κ2) is 51.9. The Labute approximate surface area is 383 Å². The van der Waals surface area contributed by atoms with Crippen LogP contribution in [0, 0.1) is 0 Å². The van der Waals surface area contributed by atoms with E-state index in [1.165, 1.54) is 96.3 Å². The van der Waals surface area contributed by atoms with Gasteiger partial charge in [0.15, 0.2) is 6.10 Å². The molecule has 0 amide bonds. The lowest BCUT2D eigenvalue weighted by Gasteiger charge is -2.18. The van der Waals surface area contributed by atoms with Crippen molar-refractivity contribution in [1.82, 2.24) is 0 Å². The molecule has 0 saturated carbocycles. The number of carbonyl (C=O) groups excluding carboxylic acids is 2. The van der Waals surface area contributed by atoms with Crippen molar-refractivity contribution in [2.24, 2.45) is 0 Å². The summed E-state index contributed by atoms with van der Waals surface area (Å²) in [5.41, 5.74) is 0. The van der Waals surface area contributed by atoms with Crippen LogP contribution >= 0.6 is 0 Å². The molecule has 0 aliphatic rings. The smallest absolute Gasteiger partial charge is 0.309 e. The molecule has 0 aromatic rings. The summed E-state index contributed by atoms with van der Waals surface area (Å²) in [5.74, 6) is -0.567. The highest BCUT2D eigenvalue weighted by atomic mass is 16.6. The van der Waals surface area contributed by atoms with Gasteiger partial charge in [0.1, 0.15) is 6.61 Å². The van der Waals surface area contributed by atoms with Crippen molar-refractivity contribution in [1.29, 1.82) is 0 Å². The number of allylic oxidation sites excluding steroid dienone is 17. The van der Waals surface area contributed by atoms with Crippen molar-refractivity contribution >= 4 is 11.9 Å². The maximum Gasteiger partial charge on any atom is 0.309 e. The molecule has 0 bridgehead atoms. The summed E-state index contributed by atoms with van der Waals surface area (Å²) in [4.78, 5) is 25.3. The molecule has 0 aromatic heterocycles. The fraction of sp³-hybridized carbons (Fsp3) is 0.649. The van der Waals surface area contributed by atoms with Crippen LogP contribution in [-0.2, 0) is 23.8 Å². The number of unbranched alkanes of at least 4 members (excludes halogenated alkanes) is 17. The fourth-order valence-electron chi connectivity index (χ4n) is 6.51. The zero-order valence-corrected chi connectivity index (χ0v) is 40.3. The van der Waals surface area contributed by atoms with Gasteiger partial charge in [-0.1, -0.05) is 207 Å². The second-order valence-corrected chi connectivity index (χ2v) is 16.3. The number of ether oxygens (including phenoxy) is 3. The molecule has 0 rings (SSSR count). The largest absolute Gasteiger partial charge is 0.461 e. The molecule has 0 spiro atoms. The van der Waals surface area contributed by atoms with Gasteiger partial charge in [0, 0.05) is 13.0 Å². The van der Waals surface area contributed by atoms with Crippen LogP contribution in [0.2, 0.25) is 0 Å². The predicted octanol–water partition coefficient (Wildman–Crippen LogP) is 17.2. The summed E-state index contributed by atoms with van der Waals surface area (Å²) >= 11 is 0. The van der Waals surface area contributed by atoms with Crippen LogP contribution in [0.15, 0.2) is 109 Å². The number of carbonyl (C=O) groups is 2. The topological polar surface area (TPSA) is 61.8 Å². The lowest BCUT2D eigenvalue weighted by Crippen LogP contribution is -2.30. The van der Waals surface area contributed by atoms with E-state index in [0.29, 0.717) is 13.0 Å². The standard InChI is InChI=1S/C57H94O5/c1-4-7-10-13-16-19-22-24-26-27-28-29-30-32-34-37-40-43-46-49-52-60-53-55(62-57(59)51-48-45-42-39-35-21-18-15-12-9-6-3)54-61-56(58)50-47-44-41-38-36-33-31-25-23-20-17-14-11-8-5-2/h8,11,15-20,24-26,28-29,31,36,38,44,47,55H,4-7,9-10,12-14,21-23,27,30,32-35,37,39-43,45-46,48-54H2,1-3H3/b11-8-,18-15-,19-16-,20-17-,26-24-,29-28-,31-25-,38-36-,47-44-. The zero-order chi connectivity index (χ0) is 44.9. The first-order valence-corrected chi connectivity index (χ1v) is 25.4. The monoisotopic (exact) mass is 859 g/mol. The molecule has 0 aliphatic heterocycles. The van der Waals surface area contributed by atoms with Crippen LogP contribution < -0.4 is 0 Å². The van der Waals surface area contributed by atoms with Crippen LogP contribution in [-0.4, -0.2) is 37.9 Å². The van der Waals surface area contributed by atoms with E-state index < -0.39 is 6.10 Å². The number of hydrogen-bond acceptors (Lipinski definition) is 5. The van der Waals surface area contributed by atoms with Gasteiger partial charge in [0.25, 0.3) is 0 Å². The van der Waals surface area contributed by atoms with Crippen molar-refractivity contribution in [3.05, 3.63) is 109 Å². The number of hydrogen-bond donors (Lipinski definition) is 0. The minimum atomic E-state index is -0.591. The van der Waals surface area contributed by atoms with Crippen molar-refractivity contribution in [3.8, 4) is 0 Å². The molecule has 0 heterocycles. The molecule has 0 fully saturated rings. The van der Waals surface area contributed by atoms with E-state index in [1.807, 2.05) is 12.2 Å². The Hall–Kier alpha value is -3.44. The first-order chi connectivity index (χ1) is 30.6. The van der Waals surface area contributed by atoms with Gasteiger partial charge in [0.2, 0.25) is 0 Å². The Morgan fingerprint density at radius 1 is 0.387 bits per heavy atom. The molecule has 0 saturated heterocycles. The van der Waals surface area contributed by atoms with Gasteiger partial charge in [0.05, 0.1) is 13.0 Å². The Bertz CT molecular complexity index is 1250. The Balaban J connectivity index is 4.38. The molecule has 1 unspecified atom stereocenters. The van der Waals surface area contributed by atoms with Crippen molar-refractivity contribution < 1.29 is 23.8 Å². The molecule has 5 heteroatoms. The molecule has 0 N–H and O–H groups in total. The second-order valence-electron chi connectivity index (χ2n) is 16.3. The minimum Gasteiger partial charge on any atom is -0.461 e. The first kappa shape index (κ1) is 58.6. The van der Waals surface area contributed by atoms with Crippen molar-refractivity contribution in [2.75, 3.05) is 19.8 Å². The van der Waals surface area contributed by atoms with Crippen molar-refractivity contribution in [3.63, 3.8) is 0 Å². The maximum atomic E-state index is 12.7.